The summed E-state index contributed by atoms with van der Waals surface area (Å²) in [5.74, 6) is 0.362. The van der Waals surface area contributed by atoms with Crippen LogP contribution in [-0.2, 0) is 11.2 Å². The van der Waals surface area contributed by atoms with Gasteiger partial charge in [-0.15, -0.1) is 0 Å². The van der Waals surface area contributed by atoms with Gasteiger partial charge in [-0.05, 0) is 42.3 Å². The fourth-order valence-electron chi connectivity index (χ4n) is 3.49. The van der Waals surface area contributed by atoms with Crippen LogP contribution >= 0.6 is 0 Å². The van der Waals surface area contributed by atoms with Crippen molar-refractivity contribution in [3.05, 3.63) is 83.2 Å². The average Bonchev–Trinajstić information content (AvgIpc) is 3.11. The highest BCUT2D eigenvalue weighted by atomic mass is 16.5. The number of H-pyrrole nitrogens is 1. The molecule has 0 aliphatic heterocycles. The molecular formula is C24H22N2O3. The molecule has 0 radical (unpaired) electrons. The number of carbonyl (C=O) groups is 1. The normalized spacial score (nSPS) is 10.9. The van der Waals surface area contributed by atoms with E-state index in [-0.39, 0.29) is 0 Å². The monoisotopic (exact) mass is 386 g/mol. The molecule has 29 heavy (non-hydrogen) atoms. The number of methoxy groups -OCH3 is 2. The number of esters is 1. The van der Waals surface area contributed by atoms with Crippen LogP contribution in [0.15, 0.2) is 60.7 Å². The third-order valence-corrected chi connectivity index (χ3v) is 5.01. The lowest BCUT2D eigenvalue weighted by Gasteiger charge is -2.07. The van der Waals surface area contributed by atoms with Crippen molar-refractivity contribution in [3.63, 3.8) is 0 Å². The number of hydrogen-bond donors (Lipinski definition) is 1. The maximum absolute atomic E-state index is 11.9. The molecule has 0 atom stereocenters. The van der Waals surface area contributed by atoms with Gasteiger partial charge < -0.3 is 14.5 Å². The molecule has 4 rings (SSSR count). The van der Waals surface area contributed by atoms with Gasteiger partial charge in [-0.1, -0.05) is 35.9 Å². The summed E-state index contributed by atoms with van der Waals surface area (Å²) in [6.45, 7) is 2.07. The van der Waals surface area contributed by atoms with Crippen LogP contribution in [0.3, 0.4) is 0 Å². The lowest BCUT2D eigenvalue weighted by molar-refractivity contribution is 0.0593. The van der Waals surface area contributed by atoms with Crippen LogP contribution in [0.4, 0.5) is 0 Å². The van der Waals surface area contributed by atoms with Crippen LogP contribution in [0.5, 0.6) is 5.75 Å². The van der Waals surface area contributed by atoms with Crippen molar-refractivity contribution in [2.24, 2.45) is 0 Å². The summed E-state index contributed by atoms with van der Waals surface area (Å²) in [6.07, 6.45) is 0.584. The Morgan fingerprint density at radius 3 is 2.55 bits per heavy atom. The lowest BCUT2D eigenvalue weighted by atomic mass is 10.00. The lowest BCUT2D eigenvalue weighted by Crippen LogP contribution is -2.06. The molecule has 5 nitrogen and oxygen atoms in total. The second kappa shape index (κ2) is 7.80. The predicted molar refractivity (Wildman–Crippen MR) is 113 cm³/mol. The Bertz CT molecular complexity index is 1180. The highest BCUT2D eigenvalue weighted by Gasteiger charge is 2.16. The maximum atomic E-state index is 11.9. The molecule has 0 unspecified atom stereocenters. The molecule has 5 heteroatoms. The van der Waals surface area contributed by atoms with Gasteiger partial charge in [0.2, 0.25) is 0 Å². The van der Waals surface area contributed by atoms with Crippen LogP contribution in [0, 0.1) is 6.92 Å². The molecule has 0 saturated heterocycles. The number of aromatic nitrogens is 2. The highest BCUT2D eigenvalue weighted by molar-refractivity contribution is 5.92. The molecule has 0 aliphatic carbocycles. The third kappa shape index (κ3) is 3.72. The van der Waals surface area contributed by atoms with Crippen LogP contribution in [0.1, 0.15) is 27.3 Å². The number of aryl methyl sites for hydroxylation is 1. The van der Waals surface area contributed by atoms with E-state index in [4.69, 9.17) is 9.47 Å². The summed E-state index contributed by atoms with van der Waals surface area (Å²) in [5, 5.41) is 1.10. The standard InChI is InChI=1S/C24H22N2O3/c1-15-7-9-16(10-8-15)23-20(19-12-11-18(28-2)14-22(19)26-23)13-17-5-4-6-21(25-17)24(27)29-3/h4-12,14,26H,13H2,1-3H3. The smallest absolute Gasteiger partial charge is 0.356 e. The predicted octanol–water partition coefficient (Wildman–Crippen LogP) is 4.92. The Morgan fingerprint density at radius 1 is 1.03 bits per heavy atom. The number of nitrogens with one attached hydrogen (secondary N) is 1. The Morgan fingerprint density at radius 2 is 1.83 bits per heavy atom. The summed E-state index contributed by atoms with van der Waals surface area (Å²) in [7, 11) is 3.02. The first kappa shape index (κ1) is 18.7. The topological polar surface area (TPSA) is 64.2 Å². The summed E-state index contributed by atoms with van der Waals surface area (Å²) in [6, 6.07) is 19.8. The van der Waals surface area contributed by atoms with Crippen molar-refractivity contribution in [2.75, 3.05) is 14.2 Å². The van der Waals surface area contributed by atoms with Gasteiger partial charge in [0, 0.05) is 29.1 Å². The minimum atomic E-state index is -0.436. The van der Waals surface area contributed by atoms with E-state index in [9.17, 15) is 4.79 Å². The summed E-state index contributed by atoms with van der Waals surface area (Å²) in [4.78, 5) is 19.9. The van der Waals surface area contributed by atoms with Crippen molar-refractivity contribution < 1.29 is 14.3 Å². The summed E-state index contributed by atoms with van der Waals surface area (Å²) >= 11 is 0. The van der Waals surface area contributed by atoms with Gasteiger partial charge >= 0.3 is 5.97 Å². The van der Waals surface area contributed by atoms with E-state index in [1.54, 1.807) is 13.2 Å². The molecular weight excluding hydrogens is 364 g/mol. The van der Waals surface area contributed by atoms with E-state index >= 15 is 0 Å². The molecule has 0 amide bonds. The van der Waals surface area contributed by atoms with Crippen molar-refractivity contribution in [3.8, 4) is 17.0 Å². The van der Waals surface area contributed by atoms with E-state index in [0.717, 1.165) is 39.2 Å². The van der Waals surface area contributed by atoms with E-state index in [2.05, 4.69) is 47.2 Å². The quantitative estimate of drug-likeness (QED) is 0.494. The van der Waals surface area contributed by atoms with E-state index < -0.39 is 5.97 Å². The van der Waals surface area contributed by atoms with Gasteiger partial charge in [-0.2, -0.15) is 0 Å². The highest BCUT2D eigenvalue weighted by Crippen LogP contribution is 2.34. The van der Waals surface area contributed by atoms with Crippen LogP contribution < -0.4 is 4.74 Å². The minimum absolute atomic E-state index is 0.309. The number of nitrogens with zero attached hydrogens (tertiary/aromatic N) is 1. The number of carbonyl (C=O) groups excluding carboxylic acids is 1. The molecule has 0 saturated carbocycles. The molecule has 0 aliphatic rings. The molecule has 2 aromatic carbocycles. The Balaban J connectivity index is 1.84. The van der Waals surface area contributed by atoms with Gasteiger partial charge in [0.1, 0.15) is 11.4 Å². The molecule has 0 spiro atoms. The van der Waals surface area contributed by atoms with Gasteiger partial charge in [-0.3, -0.25) is 0 Å². The number of rotatable bonds is 5. The number of benzene rings is 2. The van der Waals surface area contributed by atoms with E-state index in [1.165, 1.54) is 12.7 Å². The van der Waals surface area contributed by atoms with Crippen LogP contribution in [0.25, 0.3) is 22.2 Å². The largest absolute Gasteiger partial charge is 0.497 e. The zero-order valence-corrected chi connectivity index (χ0v) is 16.7. The number of pyridine rings is 1. The first-order valence-electron chi connectivity index (χ1n) is 9.39. The first-order valence-corrected chi connectivity index (χ1v) is 9.39. The minimum Gasteiger partial charge on any atom is -0.497 e. The van der Waals surface area contributed by atoms with Gasteiger partial charge in [-0.25, -0.2) is 9.78 Å². The van der Waals surface area contributed by atoms with Crippen LogP contribution in [-0.4, -0.2) is 30.2 Å². The summed E-state index contributed by atoms with van der Waals surface area (Å²) < 4.78 is 10.2. The zero-order valence-electron chi connectivity index (χ0n) is 16.7. The number of fused-ring (bicyclic) bond motifs is 1. The van der Waals surface area contributed by atoms with Crippen molar-refractivity contribution in [1.82, 2.24) is 9.97 Å². The van der Waals surface area contributed by atoms with Crippen molar-refractivity contribution in [1.29, 1.82) is 0 Å². The van der Waals surface area contributed by atoms with E-state index in [0.29, 0.717) is 12.1 Å². The van der Waals surface area contributed by atoms with Crippen LogP contribution in [0.2, 0.25) is 0 Å². The second-order valence-corrected chi connectivity index (χ2v) is 6.94. The Hall–Kier alpha value is -3.60. The molecule has 4 aromatic rings. The Labute approximate surface area is 169 Å². The van der Waals surface area contributed by atoms with Gasteiger partial charge in [0.15, 0.2) is 0 Å². The fourth-order valence-corrected chi connectivity index (χ4v) is 3.49. The molecule has 146 valence electrons. The van der Waals surface area contributed by atoms with Gasteiger partial charge in [0.05, 0.1) is 19.9 Å². The number of ether oxygens (including phenoxy) is 2. The SMILES string of the molecule is COC(=O)c1cccc(Cc2c(-c3ccc(C)cc3)[nH]c3cc(OC)ccc23)n1. The summed E-state index contributed by atoms with van der Waals surface area (Å²) in [5.41, 5.74) is 6.59. The zero-order chi connectivity index (χ0) is 20.4. The molecule has 2 heterocycles. The molecule has 0 bridgehead atoms. The average molecular weight is 386 g/mol. The second-order valence-electron chi connectivity index (χ2n) is 6.94. The maximum Gasteiger partial charge on any atom is 0.356 e. The fraction of sp³-hybridized carbons (Fsp3) is 0.167. The van der Waals surface area contributed by atoms with Gasteiger partial charge in [0.25, 0.3) is 0 Å². The first-order chi connectivity index (χ1) is 14.1. The number of hydrogen-bond acceptors (Lipinski definition) is 4. The van der Waals surface area contributed by atoms with Crippen molar-refractivity contribution >= 4 is 16.9 Å². The Kier molecular flexibility index (Phi) is 5.04. The number of aromatic amines is 1. The van der Waals surface area contributed by atoms with E-state index in [1.807, 2.05) is 24.3 Å². The molecule has 2 aromatic heterocycles. The molecule has 1 N–H and O–H groups in total. The third-order valence-electron chi connectivity index (χ3n) is 5.01. The molecule has 0 fully saturated rings. The van der Waals surface area contributed by atoms with Crippen molar-refractivity contribution in [2.45, 2.75) is 13.3 Å².